The van der Waals surface area contributed by atoms with Gasteiger partial charge in [0.2, 0.25) is 0 Å². The number of benzene rings is 4. The Morgan fingerprint density at radius 3 is 2.03 bits per heavy atom. The molecule has 0 aliphatic rings. The zero-order valence-electron chi connectivity index (χ0n) is 19.1. The maximum absolute atomic E-state index is 13.4. The molecule has 1 N–H and O–H groups in total. The summed E-state index contributed by atoms with van der Waals surface area (Å²) in [4.78, 5) is 0. The number of halogens is 3. The van der Waals surface area contributed by atoms with Crippen LogP contribution in [0, 0.1) is 0 Å². The van der Waals surface area contributed by atoms with Crippen molar-refractivity contribution in [2.45, 2.75) is 31.7 Å². The molecule has 0 saturated carbocycles. The van der Waals surface area contributed by atoms with Gasteiger partial charge in [-0.15, -0.1) is 0 Å². The van der Waals surface area contributed by atoms with Crippen molar-refractivity contribution in [3.05, 3.63) is 125 Å². The van der Waals surface area contributed by atoms with Crippen LogP contribution in [-0.4, -0.2) is 5.11 Å². The highest BCUT2D eigenvalue weighted by molar-refractivity contribution is 5.50. The van der Waals surface area contributed by atoms with Gasteiger partial charge >= 0.3 is 6.18 Å². The Morgan fingerprint density at radius 2 is 1.37 bits per heavy atom. The number of aliphatic hydroxyl groups is 1. The molecule has 4 aromatic carbocycles. The van der Waals surface area contributed by atoms with Gasteiger partial charge in [0.1, 0.15) is 29.5 Å². The van der Waals surface area contributed by atoms with Crippen molar-refractivity contribution in [1.29, 1.82) is 0 Å². The van der Waals surface area contributed by atoms with Gasteiger partial charge in [-0.25, -0.2) is 0 Å². The lowest BCUT2D eigenvalue weighted by atomic mass is 9.83. The maximum Gasteiger partial charge on any atom is 0.416 e. The van der Waals surface area contributed by atoms with Crippen LogP contribution in [0.4, 0.5) is 13.2 Å². The van der Waals surface area contributed by atoms with Gasteiger partial charge in [0, 0.05) is 11.6 Å². The Kier molecular flexibility index (Phi) is 7.12. The van der Waals surface area contributed by atoms with Gasteiger partial charge in [0.15, 0.2) is 0 Å². The average Bonchev–Trinajstić information content (AvgIpc) is 2.88. The molecule has 6 heteroatoms. The Morgan fingerprint density at radius 1 is 0.714 bits per heavy atom. The van der Waals surface area contributed by atoms with Crippen LogP contribution in [0.25, 0.3) is 0 Å². The van der Waals surface area contributed by atoms with E-state index in [0.717, 1.165) is 17.7 Å². The Labute approximate surface area is 202 Å². The smallest absolute Gasteiger partial charge is 0.416 e. The highest BCUT2D eigenvalue weighted by atomic mass is 19.4. The quantitative estimate of drug-likeness (QED) is 0.282. The number of para-hydroxylation sites is 1. The van der Waals surface area contributed by atoms with Crippen molar-refractivity contribution >= 4 is 0 Å². The molecule has 3 nitrogen and oxygen atoms in total. The maximum atomic E-state index is 13.4. The molecule has 4 aromatic rings. The van der Waals surface area contributed by atoms with Crippen LogP contribution in [0.2, 0.25) is 0 Å². The average molecular weight is 479 g/mol. The first-order valence-electron chi connectivity index (χ1n) is 11.2. The topological polar surface area (TPSA) is 38.7 Å². The van der Waals surface area contributed by atoms with E-state index >= 15 is 0 Å². The van der Waals surface area contributed by atoms with Gasteiger partial charge in [0.25, 0.3) is 0 Å². The molecule has 0 aromatic heterocycles. The third-order valence-electron chi connectivity index (χ3n) is 5.80. The minimum atomic E-state index is -4.52. The van der Waals surface area contributed by atoms with Crippen LogP contribution >= 0.6 is 0 Å². The van der Waals surface area contributed by atoms with Crippen LogP contribution in [0.15, 0.2) is 103 Å². The summed E-state index contributed by atoms with van der Waals surface area (Å²) in [6, 6.07) is 28.4. The molecule has 0 amide bonds. The number of rotatable bonds is 8. The predicted molar refractivity (Wildman–Crippen MR) is 128 cm³/mol. The number of alkyl halides is 3. The zero-order chi connectivity index (χ0) is 24.9. The van der Waals surface area contributed by atoms with E-state index in [1.165, 1.54) is 12.1 Å². The van der Waals surface area contributed by atoms with Crippen molar-refractivity contribution < 1.29 is 27.8 Å². The Balaban J connectivity index is 1.75. The van der Waals surface area contributed by atoms with E-state index in [0.29, 0.717) is 29.4 Å². The highest BCUT2D eigenvalue weighted by Gasteiger charge is 2.36. The molecule has 1 unspecified atom stereocenters. The summed E-state index contributed by atoms with van der Waals surface area (Å²) in [5, 5.41) is 11.7. The van der Waals surface area contributed by atoms with Gasteiger partial charge in [-0.3, -0.25) is 0 Å². The van der Waals surface area contributed by atoms with E-state index in [1.807, 2.05) is 48.5 Å². The van der Waals surface area contributed by atoms with Crippen LogP contribution in [0.5, 0.6) is 17.2 Å². The summed E-state index contributed by atoms with van der Waals surface area (Å²) >= 11 is 0. The lowest BCUT2D eigenvalue weighted by Crippen LogP contribution is -2.27. The number of ether oxygens (including phenoxy) is 2. The number of hydrogen-bond donors (Lipinski definition) is 1. The Hall–Kier alpha value is -3.77. The molecule has 0 fully saturated rings. The first-order chi connectivity index (χ1) is 16.8. The van der Waals surface area contributed by atoms with Gasteiger partial charge in [-0.05, 0) is 53.9 Å². The van der Waals surface area contributed by atoms with Gasteiger partial charge in [-0.1, -0.05) is 67.6 Å². The third-order valence-corrected chi connectivity index (χ3v) is 5.80. The summed E-state index contributed by atoms with van der Waals surface area (Å²) in [5.41, 5.74) is -1.09. The first-order valence-corrected chi connectivity index (χ1v) is 11.2. The lowest BCUT2D eigenvalue weighted by molar-refractivity contribution is -0.137. The van der Waals surface area contributed by atoms with Gasteiger partial charge in [-0.2, -0.15) is 13.2 Å². The zero-order valence-corrected chi connectivity index (χ0v) is 19.1. The molecular formula is C29H25F3O3. The van der Waals surface area contributed by atoms with Crippen molar-refractivity contribution in [3.63, 3.8) is 0 Å². The molecule has 35 heavy (non-hydrogen) atoms. The largest absolute Gasteiger partial charge is 0.489 e. The van der Waals surface area contributed by atoms with Crippen molar-refractivity contribution in [2.24, 2.45) is 0 Å². The molecule has 0 saturated heterocycles. The van der Waals surface area contributed by atoms with Crippen LogP contribution in [-0.2, 0) is 18.4 Å². The monoisotopic (exact) mass is 478 g/mol. The summed E-state index contributed by atoms with van der Waals surface area (Å²) < 4.78 is 52.2. The molecule has 0 bridgehead atoms. The van der Waals surface area contributed by atoms with Crippen LogP contribution < -0.4 is 9.47 Å². The van der Waals surface area contributed by atoms with Gasteiger partial charge < -0.3 is 14.6 Å². The van der Waals surface area contributed by atoms with Crippen molar-refractivity contribution in [1.82, 2.24) is 0 Å². The van der Waals surface area contributed by atoms with E-state index in [-0.39, 0.29) is 12.0 Å². The van der Waals surface area contributed by atoms with E-state index in [1.54, 1.807) is 37.3 Å². The minimum Gasteiger partial charge on any atom is -0.489 e. The van der Waals surface area contributed by atoms with Crippen molar-refractivity contribution in [2.75, 3.05) is 0 Å². The summed E-state index contributed by atoms with van der Waals surface area (Å²) in [6.07, 6.45) is -4.40. The molecule has 0 radical (unpaired) electrons. The number of hydrogen-bond acceptors (Lipinski definition) is 3. The fourth-order valence-corrected chi connectivity index (χ4v) is 3.88. The van der Waals surface area contributed by atoms with E-state index < -0.39 is 17.3 Å². The highest BCUT2D eigenvalue weighted by Crippen LogP contribution is 2.43. The summed E-state index contributed by atoms with van der Waals surface area (Å²) in [5.74, 6) is 1.33. The predicted octanol–water partition coefficient (Wildman–Crippen LogP) is 7.72. The fraction of sp³-hybridized carbons (Fsp3) is 0.172. The Bertz CT molecular complexity index is 1260. The second-order valence-electron chi connectivity index (χ2n) is 8.14. The molecule has 4 rings (SSSR count). The SMILES string of the molecule is CCC(O)(c1cccc(C(F)(F)F)c1)c1ccc(OCc2ccccc2)cc1Oc1ccccc1. The molecular weight excluding hydrogens is 453 g/mol. The van der Waals surface area contributed by atoms with E-state index in [2.05, 4.69) is 0 Å². The second-order valence-corrected chi connectivity index (χ2v) is 8.14. The molecule has 0 aliphatic carbocycles. The first kappa shape index (κ1) is 24.4. The van der Waals surface area contributed by atoms with Gasteiger partial charge in [0.05, 0.1) is 5.56 Å². The minimum absolute atomic E-state index is 0.129. The van der Waals surface area contributed by atoms with E-state index in [4.69, 9.17) is 9.47 Å². The van der Waals surface area contributed by atoms with E-state index in [9.17, 15) is 18.3 Å². The normalized spacial score (nSPS) is 13.2. The lowest BCUT2D eigenvalue weighted by Gasteiger charge is -2.30. The van der Waals surface area contributed by atoms with Crippen molar-refractivity contribution in [3.8, 4) is 17.2 Å². The molecule has 180 valence electrons. The fourth-order valence-electron chi connectivity index (χ4n) is 3.88. The summed E-state index contributed by atoms with van der Waals surface area (Å²) in [7, 11) is 0. The molecule has 0 heterocycles. The third kappa shape index (κ3) is 5.66. The standard InChI is InChI=1S/C29H25F3O3/c1-2-28(33,22-12-9-13-23(18-22)29(30,31)32)26-17-16-25(34-20-21-10-5-3-6-11-21)19-27(26)35-24-14-7-4-8-15-24/h3-19,33H,2,20H2,1H3. The second kappa shape index (κ2) is 10.2. The van der Waals surface area contributed by atoms with Crippen LogP contribution in [0.1, 0.15) is 35.6 Å². The molecule has 0 aliphatic heterocycles. The molecule has 1 atom stereocenters. The van der Waals surface area contributed by atoms with Crippen LogP contribution in [0.3, 0.4) is 0 Å². The molecule has 0 spiro atoms. The summed E-state index contributed by atoms with van der Waals surface area (Å²) in [6.45, 7) is 2.04.